The molecule has 0 aliphatic carbocycles. The lowest BCUT2D eigenvalue weighted by Gasteiger charge is -2.29. The number of hydrogen-bond acceptors (Lipinski definition) is 5. The highest BCUT2D eigenvalue weighted by Crippen LogP contribution is 2.34. The van der Waals surface area contributed by atoms with Crippen molar-refractivity contribution in [2.24, 2.45) is 0 Å². The molecule has 138 valence electrons. The van der Waals surface area contributed by atoms with E-state index in [1.807, 2.05) is 29.2 Å². The van der Waals surface area contributed by atoms with Gasteiger partial charge in [-0.2, -0.15) is 11.8 Å². The molecule has 5 nitrogen and oxygen atoms in total. The van der Waals surface area contributed by atoms with Crippen molar-refractivity contribution >= 4 is 46.9 Å². The first-order valence-corrected chi connectivity index (χ1v) is 10.9. The maximum Gasteiger partial charge on any atom is 0.261 e. The number of anilines is 1. The van der Waals surface area contributed by atoms with Crippen LogP contribution in [0.4, 0.5) is 5.69 Å². The Labute approximate surface area is 166 Å². The van der Waals surface area contributed by atoms with Crippen LogP contribution in [0, 0.1) is 0 Å². The van der Waals surface area contributed by atoms with Gasteiger partial charge in [-0.3, -0.25) is 19.3 Å². The Bertz CT molecular complexity index is 881. The quantitative estimate of drug-likeness (QED) is 0.572. The second-order valence-electron chi connectivity index (χ2n) is 6.22. The smallest absolute Gasteiger partial charge is 0.261 e. The number of nitrogens with zero attached hydrogens (tertiary/aromatic N) is 2. The molecular weight excluding hydrogens is 380 g/mol. The van der Waals surface area contributed by atoms with Crippen LogP contribution in [0.3, 0.4) is 0 Å². The van der Waals surface area contributed by atoms with E-state index in [0.29, 0.717) is 35.7 Å². The van der Waals surface area contributed by atoms with Crippen molar-refractivity contribution in [1.82, 2.24) is 4.90 Å². The van der Waals surface area contributed by atoms with Crippen molar-refractivity contribution in [3.05, 3.63) is 59.7 Å². The zero-order valence-electron chi connectivity index (χ0n) is 14.6. The molecule has 0 radical (unpaired) electrons. The van der Waals surface area contributed by atoms with E-state index in [-0.39, 0.29) is 17.7 Å². The topological polar surface area (TPSA) is 57.7 Å². The number of hydrogen-bond donors (Lipinski definition) is 0. The Morgan fingerprint density at radius 1 is 1.00 bits per heavy atom. The Hall–Kier alpha value is -2.25. The maximum atomic E-state index is 12.6. The van der Waals surface area contributed by atoms with E-state index in [0.717, 1.165) is 16.3 Å². The lowest BCUT2D eigenvalue weighted by atomic mass is 10.1. The largest absolute Gasteiger partial charge is 0.310 e. The van der Waals surface area contributed by atoms with Gasteiger partial charge in [0, 0.05) is 29.5 Å². The number of rotatable bonds is 5. The number of para-hydroxylation sites is 1. The number of carbonyl (C=O) groups is 3. The van der Waals surface area contributed by atoms with Crippen LogP contribution < -0.4 is 4.90 Å². The molecule has 0 atom stereocenters. The highest BCUT2D eigenvalue weighted by atomic mass is 32.2. The van der Waals surface area contributed by atoms with E-state index in [9.17, 15) is 14.4 Å². The average Bonchev–Trinajstić information content (AvgIpc) is 2.95. The summed E-state index contributed by atoms with van der Waals surface area (Å²) in [6, 6.07) is 14.8. The molecule has 0 fully saturated rings. The van der Waals surface area contributed by atoms with Crippen LogP contribution in [0.2, 0.25) is 0 Å². The van der Waals surface area contributed by atoms with Crippen molar-refractivity contribution in [2.75, 3.05) is 35.2 Å². The number of benzene rings is 2. The fourth-order valence-corrected chi connectivity index (χ4v) is 5.05. The molecule has 2 aliphatic rings. The third kappa shape index (κ3) is 3.49. The molecule has 3 amide bonds. The van der Waals surface area contributed by atoms with Crippen molar-refractivity contribution in [2.45, 2.75) is 4.90 Å². The SMILES string of the molecule is O=C1c2ccccc2C(=O)N1CCSCC(=O)N1CCSc2ccccc21. The minimum Gasteiger partial charge on any atom is -0.310 e. The molecule has 4 rings (SSSR count). The molecule has 0 unspecified atom stereocenters. The molecule has 27 heavy (non-hydrogen) atoms. The highest BCUT2D eigenvalue weighted by molar-refractivity contribution is 8.00. The molecule has 0 N–H and O–H groups in total. The Morgan fingerprint density at radius 3 is 2.41 bits per heavy atom. The fraction of sp³-hybridized carbons (Fsp3) is 0.250. The van der Waals surface area contributed by atoms with Gasteiger partial charge in [-0.1, -0.05) is 24.3 Å². The van der Waals surface area contributed by atoms with Gasteiger partial charge in [-0.05, 0) is 24.3 Å². The van der Waals surface area contributed by atoms with Crippen LogP contribution in [-0.2, 0) is 4.79 Å². The number of imide groups is 1. The van der Waals surface area contributed by atoms with Gasteiger partial charge in [-0.15, -0.1) is 11.8 Å². The minimum atomic E-state index is -0.246. The Morgan fingerprint density at radius 2 is 1.67 bits per heavy atom. The summed E-state index contributed by atoms with van der Waals surface area (Å²) in [5.74, 6) is 1.34. The normalized spacial score (nSPS) is 15.7. The zero-order chi connectivity index (χ0) is 18.8. The molecule has 2 aromatic carbocycles. The molecular formula is C20H18N2O3S2. The summed E-state index contributed by atoms with van der Waals surface area (Å²) in [6.45, 7) is 1.02. The average molecular weight is 399 g/mol. The predicted molar refractivity (Wildman–Crippen MR) is 109 cm³/mol. The van der Waals surface area contributed by atoms with Gasteiger partial charge in [0.05, 0.1) is 22.6 Å². The van der Waals surface area contributed by atoms with E-state index in [4.69, 9.17) is 0 Å². The van der Waals surface area contributed by atoms with Crippen molar-refractivity contribution < 1.29 is 14.4 Å². The first-order chi connectivity index (χ1) is 13.2. The van der Waals surface area contributed by atoms with Crippen LogP contribution >= 0.6 is 23.5 Å². The van der Waals surface area contributed by atoms with Crippen LogP contribution in [-0.4, -0.2) is 53.0 Å². The predicted octanol–water partition coefficient (Wildman–Crippen LogP) is 3.15. The summed E-state index contributed by atoms with van der Waals surface area (Å²) >= 11 is 3.22. The third-order valence-corrected chi connectivity index (χ3v) is 6.56. The number of amides is 3. The Kier molecular flexibility index (Phi) is 5.22. The maximum absolute atomic E-state index is 12.6. The highest BCUT2D eigenvalue weighted by Gasteiger charge is 2.34. The van der Waals surface area contributed by atoms with Gasteiger partial charge in [0.25, 0.3) is 11.8 Å². The molecule has 2 aromatic rings. The zero-order valence-corrected chi connectivity index (χ0v) is 16.2. The Balaban J connectivity index is 1.31. The van der Waals surface area contributed by atoms with Gasteiger partial charge in [-0.25, -0.2) is 0 Å². The molecule has 0 aromatic heterocycles. The van der Waals surface area contributed by atoms with Gasteiger partial charge in [0.2, 0.25) is 5.91 Å². The third-order valence-electron chi connectivity index (χ3n) is 4.59. The lowest BCUT2D eigenvalue weighted by molar-refractivity contribution is -0.116. The summed E-state index contributed by atoms with van der Waals surface area (Å²) in [5.41, 5.74) is 1.90. The second kappa shape index (κ2) is 7.78. The van der Waals surface area contributed by atoms with E-state index in [2.05, 4.69) is 0 Å². The first kappa shape index (κ1) is 18.1. The van der Waals surface area contributed by atoms with E-state index >= 15 is 0 Å². The van der Waals surface area contributed by atoms with Gasteiger partial charge < -0.3 is 4.90 Å². The number of thioether (sulfide) groups is 2. The molecule has 0 spiro atoms. The van der Waals surface area contributed by atoms with Crippen LogP contribution in [0.1, 0.15) is 20.7 Å². The summed E-state index contributed by atoms with van der Waals surface area (Å²) in [4.78, 5) is 41.5. The summed E-state index contributed by atoms with van der Waals surface area (Å²) in [7, 11) is 0. The van der Waals surface area contributed by atoms with E-state index in [1.54, 1.807) is 36.0 Å². The summed E-state index contributed by atoms with van der Waals surface area (Å²) in [5, 5.41) is 0. The molecule has 2 aliphatic heterocycles. The van der Waals surface area contributed by atoms with Gasteiger partial charge in [0.15, 0.2) is 0 Å². The number of fused-ring (bicyclic) bond motifs is 2. The second-order valence-corrected chi connectivity index (χ2v) is 8.46. The van der Waals surface area contributed by atoms with Gasteiger partial charge in [0.1, 0.15) is 0 Å². The van der Waals surface area contributed by atoms with Crippen LogP contribution in [0.25, 0.3) is 0 Å². The summed E-state index contributed by atoms with van der Waals surface area (Å²) < 4.78 is 0. The van der Waals surface area contributed by atoms with Crippen molar-refractivity contribution in [3.63, 3.8) is 0 Å². The van der Waals surface area contributed by atoms with E-state index in [1.165, 1.54) is 16.7 Å². The fourth-order valence-electron chi connectivity index (χ4n) is 3.26. The lowest BCUT2D eigenvalue weighted by Crippen LogP contribution is -2.37. The minimum absolute atomic E-state index is 0.0649. The molecule has 0 saturated heterocycles. The van der Waals surface area contributed by atoms with Crippen LogP contribution in [0.15, 0.2) is 53.4 Å². The standard InChI is InChI=1S/C20H18N2O3S2/c23-18(21-10-12-27-17-8-4-3-7-16(17)21)13-26-11-9-22-19(24)14-5-1-2-6-15(14)20(22)25/h1-8H,9-13H2. The monoisotopic (exact) mass is 398 g/mol. The van der Waals surface area contributed by atoms with Crippen molar-refractivity contribution in [1.29, 1.82) is 0 Å². The molecule has 7 heteroatoms. The summed E-state index contributed by atoms with van der Waals surface area (Å²) in [6.07, 6.45) is 0. The molecule has 0 saturated carbocycles. The van der Waals surface area contributed by atoms with Crippen LogP contribution in [0.5, 0.6) is 0 Å². The van der Waals surface area contributed by atoms with E-state index < -0.39 is 0 Å². The van der Waals surface area contributed by atoms with Crippen molar-refractivity contribution in [3.8, 4) is 0 Å². The first-order valence-electron chi connectivity index (χ1n) is 8.72. The van der Waals surface area contributed by atoms with Gasteiger partial charge >= 0.3 is 0 Å². The molecule has 0 bridgehead atoms. The molecule has 2 heterocycles. The number of carbonyl (C=O) groups excluding carboxylic acids is 3.